The maximum atomic E-state index is 12.4. The number of hydrogen-bond acceptors (Lipinski definition) is 9. The second kappa shape index (κ2) is 11.3. The van der Waals surface area contributed by atoms with Crippen molar-refractivity contribution in [2.24, 2.45) is 5.73 Å². The van der Waals surface area contributed by atoms with Crippen molar-refractivity contribution in [3.63, 3.8) is 0 Å². The molecule has 0 saturated carbocycles. The van der Waals surface area contributed by atoms with Gasteiger partial charge in [0.25, 0.3) is 5.91 Å². The van der Waals surface area contributed by atoms with Crippen LogP contribution in [0.4, 0.5) is 15.8 Å². The number of aryl methyl sites for hydroxylation is 1. The molecule has 4 N–H and O–H groups in total. The molecule has 2 rings (SSSR count). The number of nitrogens with zero attached hydrogens (tertiary/aromatic N) is 2. The van der Waals surface area contributed by atoms with Crippen LogP contribution in [0.1, 0.15) is 15.9 Å². The highest BCUT2D eigenvalue weighted by atomic mass is 32.1. The van der Waals surface area contributed by atoms with Gasteiger partial charge in [-0.1, -0.05) is 0 Å². The summed E-state index contributed by atoms with van der Waals surface area (Å²) in [5.41, 5.74) is 7.42. The number of benzene rings is 1. The largest absolute Gasteiger partial charge is 0.383 e. The van der Waals surface area contributed by atoms with E-state index in [9.17, 15) is 14.9 Å². The van der Waals surface area contributed by atoms with Crippen LogP contribution in [0, 0.1) is 17.0 Å². The molecule has 1 aromatic carbocycles. The zero-order chi connectivity index (χ0) is 20.4. The van der Waals surface area contributed by atoms with Crippen molar-refractivity contribution in [3.8, 4) is 0 Å². The van der Waals surface area contributed by atoms with Gasteiger partial charge in [-0.25, -0.2) is 4.98 Å². The number of carbonyl (C=O) groups excluding carboxylic acids is 1. The van der Waals surface area contributed by atoms with E-state index in [4.69, 9.17) is 15.2 Å². The third-order valence-corrected chi connectivity index (χ3v) is 4.44. The van der Waals surface area contributed by atoms with E-state index in [0.29, 0.717) is 45.1 Å². The highest BCUT2D eigenvalue weighted by Crippen LogP contribution is 2.26. The van der Waals surface area contributed by atoms with Gasteiger partial charge in [0.2, 0.25) is 0 Å². The van der Waals surface area contributed by atoms with Gasteiger partial charge in [0, 0.05) is 24.3 Å². The fourth-order valence-electron chi connectivity index (χ4n) is 2.27. The van der Waals surface area contributed by atoms with E-state index >= 15 is 0 Å². The molecular weight excluding hydrogens is 386 g/mol. The number of nitro groups is 1. The van der Waals surface area contributed by atoms with Crippen LogP contribution in [0.2, 0.25) is 0 Å². The number of aromatic nitrogens is 1. The molecule has 0 unspecified atom stereocenters. The average Bonchev–Trinajstić information content (AvgIpc) is 3.12. The van der Waals surface area contributed by atoms with Crippen LogP contribution in [0.15, 0.2) is 24.4 Å². The van der Waals surface area contributed by atoms with E-state index in [1.807, 2.05) is 13.0 Å². The molecule has 0 bridgehead atoms. The monoisotopic (exact) mass is 409 g/mol. The third kappa shape index (κ3) is 6.85. The van der Waals surface area contributed by atoms with Crippen LogP contribution in [-0.4, -0.2) is 55.3 Å². The number of nitrogens with two attached hydrogens (primary N) is 1. The first-order chi connectivity index (χ1) is 13.5. The van der Waals surface area contributed by atoms with Crippen molar-refractivity contribution in [2.75, 3.05) is 50.2 Å². The molecule has 152 valence electrons. The summed E-state index contributed by atoms with van der Waals surface area (Å²) >= 11 is 0.811. The van der Waals surface area contributed by atoms with Crippen LogP contribution >= 0.6 is 11.3 Å². The molecule has 0 fully saturated rings. The van der Waals surface area contributed by atoms with Crippen molar-refractivity contribution < 1.29 is 19.2 Å². The first-order valence-electron chi connectivity index (χ1n) is 8.63. The van der Waals surface area contributed by atoms with Gasteiger partial charge in [-0.2, -0.15) is 0 Å². The summed E-state index contributed by atoms with van der Waals surface area (Å²) < 4.78 is 10.6. The average molecular weight is 409 g/mol. The first-order valence-corrected chi connectivity index (χ1v) is 9.44. The summed E-state index contributed by atoms with van der Waals surface area (Å²) in [5.74, 6) is -0.367. The lowest BCUT2D eigenvalue weighted by Gasteiger charge is -2.11. The zero-order valence-corrected chi connectivity index (χ0v) is 16.3. The second-order valence-electron chi connectivity index (χ2n) is 5.68. The number of anilines is 2. The van der Waals surface area contributed by atoms with E-state index in [1.54, 1.807) is 12.1 Å². The van der Waals surface area contributed by atoms with Crippen molar-refractivity contribution in [1.82, 2.24) is 4.98 Å². The van der Waals surface area contributed by atoms with E-state index in [2.05, 4.69) is 15.6 Å². The standard InChI is InChI=1S/C17H23N5O5S/c1-12-10-13(19-5-7-27-9-8-26-6-4-18)2-3-14(12)16(23)21-17-20-11-15(28-17)22(24)25/h2-3,10-11,19H,4-9,18H2,1H3,(H,20,21,23). The quantitative estimate of drug-likeness (QED) is 0.275. The van der Waals surface area contributed by atoms with Gasteiger partial charge in [-0.05, 0) is 42.0 Å². The lowest BCUT2D eigenvalue weighted by molar-refractivity contribution is -0.380. The highest BCUT2D eigenvalue weighted by molar-refractivity contribution is 7.18. The van der Waals surface area contributed by atoms with Gasteiger partial charge >= 0.3 is 5.00 Å². The molecule has 2 aromatic rings. The molecule has 0 saturated heterocycles. The summed E-state index contributed by atoms with van der Waals surface area (Å²) in [6.45, 7) is 5.01. The Labute approximate surface area is 166 Å². The van der Waals surface area contributed by atoms with Gasteiger partial charge in [-0.15, -0.1) is 0 Å². The summed E-state index contributed by atoms with van der Waals surface area (Å²) in [6, 6.07) is 5.33. The number of ether oxygens (including phenoxy) is 2. The van der Waals surface area contributed by atoms with Gasteiger partial charge in [0.05, 0.1) is 31.4 Å². The van der Waals surface area contributed by atoms with Gasteiger partial charge < -0.3 is 20.5 Å². The predicted molar refractivity (Wildman–Crippen MR) is 107 cm³/mol. The molecule has 0 aliphatic rings. The molecule has 0 spiro atoms. The number of thiazole rings is 1. The lowest BCUT2D eigenvalue weighted by atomic mass is 10.1. The van der Waals surface area contributed by atoms with E-state index in [1.165, 1.54) is 0 Å². The molecule has 1 heterocycles. The van der Waals surface area contributed by atoms with Crippen LogP contribution in [0.3, 0.4) is 0 Å². The van der Waals surface area contributed by atoms with E-state index < -0.39 is 4.92 Å². The Bertz CT molecular complexity index is 798. The number of nitrogens with one attached hydrogen (secondary N) is 2. The Morgan fingerprint density at radius 1 is 1.29 bits per heavy atom. The van der Waals surface area contributed by atoms with Gasteiger partial charge in [0.15, 0.2) is 5.13 Å². The summed E-state index contributed by atoms with van der Waals surface area (Å²) in [6.07, 6.45) is 1.12. The molecule has 28 heavy (non-hydrogen) atoms. The topological polar surface area (TPSA) is 142 Å². The van der Waals surface area contributed by atoms with E-state index in [-0.39, 0.29) is 16.0 Å². The molecule has 11 heteroatoms. The minimum atomic E-state index is -0.546. The normalized spacial score (nSPS) is 10.6. The molecule has 0 atom stereocenters. The lowest BCUT2D eigenvalue weighted by Crippen LogP contribution is -2.15. The number of carbonyl (C=O) groups is 1. The zero-order valence-electron chi connectivity index (χ0n) is 15.5. The smallest absolute Gasteiger partial charge is 0.345 e. The fraction of sp³-hybridized carbons (Fsp3) is 0.412. The second-order valence-corrected chi connectivity index (χ2v) is 6.69. The Hall–Kier alpha value is -2.60. The van der Waals surface area contributed by atoms with Gasteiger partial charge in [0.1, 0.15) is 6.20 Å². The highest BCUT2D eigenvalue weighted by Gasteiger charge is 2.15. The Kier molecular flexibility index (Phi) is 8.75. The first kappa shape index (κ1) is 21.7. The molecule has 10 nitrogen and oxygen atoms in total. The molecule has 0 aliphatic carbocycles. The molecule has 1 amide bonds. The Morgan fingerprint density at radius 3 is 2.68 bits per heavy atom. The SMILES string of the molecule is Cc1cc(NCCOCCOCCN)ccc1C(=O)Nc1ncc([N+](=O)[O-])s1. The molecular formula is C17H23N5O5S. The van der Waals surface area contributed by atoms with Crippen LogP contribution < -0.4 is 16.4 Å². The van der Waals surface area contributed by atoms with Crippen molar-refractivity contribution in [3.05, 3.63) is 45.6 Å². The summed E-state index contributed by atoms with van der Waals surface area (Å²) in [5, 5.41) is 16.5. The van der Waals surface area contributed by atoms with Crippen molar-refractivity contribution in [2.45, 2.75) is 6.92 Å². The van der Waals surface area contributed by atoms with Gasteiger partial charge in [-0.3, -0.25) is 20.2 Å². The maximum absolute atomic E-state index is 12.4. The third-order valence-electron chi connectivity index (χ3n) is 3.57. The van der Waals surface area contributed by atoms with Crippen LogP contribution in [0.5, 0.6) is 0 Å². The number of rotatable bonds is 12. The van der Waals surface area contributed by atoms with Crippen LogP contribution in [-0.2, 0) is 9.47 Å². The Morgan fingerprint density at radius 2 is 2.04 bits per heavy atom. The minimum Gasteiger partial charge on any atom is -0.383 e. The number of amides is 1. The predicted octanol–water partition coefficient (Wildman–Crippen LogP) is 2.02. The molecule has 0 radical (unpaired) electrons. The number of hydrogen-bond donors (Lipinski definition) is 3. The fourth-order valence-corrected chi connectivity index (χ4v) is 2.90. The van der Waals surface area contributed by atoms with Crippen molar-refractivity contribution >= 4 is 33.1 Å². The van der Waals surface area contributed by atoms with Crippen molar-refractivity contribution in [1.29, 1.82) is 0 Å². The summed E-state index contributed by atoms with van der Waals surface area (Å²) in [7, 11) is 0. The minimum absolute atomic E-state index is 0.125. The Balaban J connectivity index is 1.79. The van der Waals surface area contributed by atoms with Crippen LogP contribution in [0.25, 0.3) is 0 Å². The molecule has 1 aromatic heterocycles. The summed E-state index contributed by atoms with van der Waals surface area (Å²) in [4.78, 5) is 26.3. The maximum Gasteiger partial charge on any atom is 0.345 e. The molecule has 0 aliphatic heterocycles. The van der Waals surface area contributed by atoms with E-state index in [0.717, 1.165) is 28.8 Å².